The minimum Gasteiger partial charge on any atom is -0.453 e. The van der Waals surface area contributed by atoms with E-state index in [2.05, 4.69) is 9.46 Å². The van der Waals surface area contributed by atoms with E-state index < -0.39 is 40.5 Å². The Morgan fingerprint density at radius 1 is 0.967 bits per heavy atom. The van der Waals surface area contributed by atoms with Crippen molar-refractivity contribution < 1.29 is 36.3 Å². The molecule has 2 aromatic rings. The van der Waals surface area contributed by atoms with Crippen LogP contribution in [0, 0.1) is 6.92 Å². The summed E-state index contributed by atoms with van der Waals surface area (Å²) in [5, 5.41) is 0. The number of Topliss-reactive ketones (excluding diaryl/α,β-unsaturated/α-hetero) is 1. The van der Waals surface area contributed by atoms with Gasteiger partial charge in [-0.15, -0.1) is 0 Å². The van der Waals surface area contributed by atoms with E-state index in [4.69, 9.17) is 4.74 Å². The number of sulfonamides is 1. The molecule has 0 radical (unpaired) electrons. The third kappa shape index (κ3) is 6.33. The molecular formula is C20H21F2NO6S. The lowest BCUT2D eigenvalue weighted by molar-refractivity contribution is -0.147. The number of carbonyl (C=O) groups excluding carboxylic acids is 2. The van der Waals surface area contributed by atoms with Crippen LogP contribution in [0.5, 0.6) is 5.75 Å². The van der Waals surface area contributed by atoms with Crippen LogP contribution in [-0.4, -0.2) is 38.9 Å². The molecule has 30 heavy (non-hydrogen) atoms. The second-order valence-electron chi connectivity index (χ2n) is 6.50. The molecule has 162 valence electrons. The second kappa shape index (κ2) is 9.77. The molecule has 0 spiro atoms. The van der Waals surface area contributed by atoms with Crippen molar-refractivity contribution in [1.29, 1.82) is 0 Å². The number of nitrogens with one attached hydrogen (secondary N) is 1. The molecular weight excluding hydrogens is 420 g/mol. The predicted octanol–water partition coefficient (Wildman–Crippen LogP) is 3.08. The number of hydrogen-bond acceptors (Lipinski definition) is 6. The molecule has 0 heterocycles. The van der Waals surface area contributed by atoms with Crippen LogP contribution in [0.3, 0.4) is 0 Å². The Hall–Kier alpha value is -2.85. The molecule has 1 N–H and O–H groups in total. The fourth-order valence-electron chi connectivity index (χ4n) is 2.43. The monoisotopic (exact) mass is 441 g/mol. The highest BCUT2D eigenvalue weighted by atomic mass is 32.2. The molecule has 0 saturated carbocycles. The number of benzene rings is 2. The molecule has 0 bridgehead atoms. The number of esters is 1. The summed E-state index contributed by atoms with van der Waals surface area (Å²) < 4.78 is 60.5. The van der Waals surface area contributed by atoms with E-state index >= 15 is 0 Å². The Bertz CT molecular complexity index is 991. The number of alkyl halides is 2. The zero-order valence-corrected chi connectivity index (χ0v) is 17.3. The molecule has 0 amide bonds. The van der Waals surface area contributed by atoms with E-state index in [1.807, 2.05) is 6.92 Å². The average Bonchev–Trinajstić information content (AvgIpc) is 2.67. The Balaban J connectivity index is 1.98. The van der Waals surface area contributed by atoms with Gasteiger partial charge in [-0.25, -0.2) is 8.42 Å². The van der Waals surface area contributed by atoms with Crippen LogP contribution in [0.1, 0.15) is 29.8 Å². The third-order valence-corrected chi connectivity index (χ3v) is 5.60. The van der Waals surface area contributed by atoms with Crippen molar-refractivity contribution >= 4 is 21.8 Å². The Kier molecular flexibility index (Phi) is 7.63. The highest BCUT2D eigenvalue weighted by Crippen LogP contribution is 2.17. The minimum atomic E-state index is -3.96. The van der Waals surface area contributed by atoms with Crippen LogP contribution in [0.2, 0.25) is 0 Å². The van der Waals surface area contributed by atoms with Crippen molar-refractivity contribution in [3.63, 3.8) is 0 Å². The zero-order valence-electron chi connectivity index (χ0n) is 16.5. The van der Waals surface area contributed by atoms with Gasteiger partial charge in [0.05, 0.1) is 4.90 Å². The maximum atomic E-state index is 12.4. The van der Waals surface area contributed by atoms with Gasteiger partial charge in [-0.2, -0.15) is 13.5 Å². The lowest BCUT2D eigenvalue weighted by Gasteiger charge is -2.17. The van der Waals surface area contributed by atoms with Crippen LogP contribution in [0.15, 0.2) is 53.4 Å². The van der Waals surface area contributed by atoms with Gasteiger partial charge in [-0.3, -0.25) is 9.59 Å². The Morgan fingerprint density at radius 2 is 1.53 bits per heavy atom. The molecule has 2 aromatic carbocycles. The fourth-order valence-corrected chi connectivity index (χ4v) is 3.62. The van der Waals surface area contributed by atoms with Crippen molar-refractivity contribution in [2.24, 2.45) is 0 Å². The van der Waals surface area contributed by atoms with Crippen LogP contribution >= 0.6 is 0 Å². The maximum absolute atomic E-state index is 12.4. The lowest BCUT2D eigenvalue weighted by Crippen LogP contribution is -2.41. The van der Waals surface area contributed by atoms with Gasteiger partial charge in [0, 0.05) is 5.56 Å². The SMILES string of the molecule is Cc1ccc(S(=O)(=O)N[C@@H](C)C(=O)OC(C)C(=O)c2ccc(OC(F)F)cc2)cc1. The van der Waals surface area contributed by atoms with E-state index in [1.165, 1.54) is 50.2 Å². The lowest BCUT2D eigenvalue weighted by atomic mass is 10.1. The molecule has 2 atom stereocenters. The van der Waals surface area contributed by atoms with Gasteiger partial charge in [0.15, 0.2) is 6.10 Å². The van der Waals surface area contributed by atoms with E-state index in [0.29, 0.717) is 0 Å². The molecule has 0 aliphatic heterocycles. The normalized spacial score (nSPS) is 13.5. The summed E-state index contributed by atoms with van der Waals surface area (Å²) in [6.07, 6.45) is -1.22. The number of ketones is 1. The van der Waals surface area contributed by atoms with E-state index in [9.17, 15) is 26.8 Å². The Morgan fingerprint density at radius 3 is 2.07 bits per heavy atom. The first-order chi connectivity index (χ1) is 14.0. The van der Waals surface area contributed by atoms with Gasteiger partial charge in [0.25, 0.3) is 0 Å². The molecule has 0 aliphatic carbocycles. The second-order valence-corrected chi connectivity index (χ2v) is 8.22. The number of hydrogen-bond donors (Lipinski definition) is 1. The number of carbonyl (C=O) groups is 2. The summed E-state index contributed by atoms with van der Waals surface area (Å²) in [6, 6.07) is 9.70. The van der Waals surface area contributed by atoms with Crippen molar-refractivity contribution in [1.82, 2.24) is 4.72 Å². The van der Waals surface area contributed by atoms with Crippen LogP contribution in [0.4, 0.5) is 8.78 Å². The molecule has 0 aromatic heterocycles. The molecule has 7 nitrogen and oxygen atoms in total. The maximum Gasteiger partial charge on any atom is 0.387 e. The van der Waals surface area contributed by atoms with Gasteiger partial charge in [0.2, 0.25) is 15.8 Å². The van der Waals surface area contributed by atoms with E-state index in [0.717, 1.165) is 5.56 Å². The van der Waals surface area contributed by atoms with Crippen LogP contribution in [-0.2, 0) is 19.6 Å². The van der Waals surface area contributed by atoms with E-state index in [1.54, 1.807) is 12.1 Å². The van der Waals surface area contributed by atoms with Crippen LogP contribution in [0.25, 0.3) is 0 Å². The fraction of sp³-hybridized carbons (Fsp3) is 0.300. The number of halogens is 2. The first-order valence-electron chi connectivity index (χ1n) is 8.88. The zero-order chi connectivity index (χ0) is 22.5. The molecule has 0 aliphatic rings. The molecule has 10 heteroatoms. The van der Waals surface area contributed by atoms with Crippen molar-refractivity contribution in [2.75, 3.05) is 0 Å². The number of aryl methyl sites for hydroxylation is 1. The topological polar surface area (TPSA) is 98.8 Å². The summed E-state index contributed by atoms with van der Waals surface area (Å²) >= 11 is 0. The first kappa shape index (κ1) is 23.4. The van der Waals surface area contributed by atoms with Gasteiger partial charge in [0.1, 0.15) is 11.8 Å². The largest absolute Gasteiger partial charge is 0.453 e. The van der Waals surface area contributed by atoms with Gasteiger partial charge in [-0.1, -0.05) is 17.7 Å². The van der Waals surface area contributed by atoms with E-state index in [-0.39, 0.29) is 16.2 Å². The molecule has 2 rings (SSSR count). The summed E-state index contributed by atoms with van der Waals surface area (Å²) in [5.74, 6) is -1.64. The molecule has 1 unspecified atom stereocenters. The van der Waals surface area contributed by atoms with Crippen molar-refractivity contribution in [3.8, 4) is 5.75 Å². The Labute approximate surface area is 173 Å². The molecule has 0 fully saturated rings. The quantitative estimate of drug-likeness (QED) is 0.474. The smallest absolute Gasteiger partial charge is 0.387 e. The van der Waals surface area contributed by atoms with Crippen molar-refractivity contribution in [2.45, 2.75) is 44.4 Å². The minimum absolute atomic E-state index is 0.0111. The van der Waals surface area contributed by atoms with Gasteiger partial charge < -0.3 is 9.47 Å². The third-order valence-electron chi connectivity index (χ3n) is 4.04. The van der Waals surface area contributed by atoms with Crippen molar-refractivity contribution in [3.05, 3.63) is 59.7 Å². The first-order valence-corrected chi connectivity index (χ1v) is 10.4. The average molecular weight is 441 g/mol. The van der Waals surface area contributed by atoms with Gasteiger partial charge in [-0.05, 0) is 57.2 Å². The highest BCUT2D eigenvalue weighted by molar-refractivity contribution is 7.89. The number of rotatable bonds is 9. The number of ether oxygens (including phenoxy) is 2. The van der Waals surface area contributed by atoms with Gasteiger partial charge >= 0.3 is 12.6 Å². The summed E-state index contributed by atoms with van der Waals surface area (Å²) in [4.78, 5) is 24.6. The summed E-state index contributed by atoms with van der Waals surface area (Å²) in [5.41, 5.74) is 0.993. The summed E-state index contributed by atoms with van der Waals surface area (Å²) in [6.45, 7) is 1.44. The summed E-state index contributed by atoms with van der Waals surface area (Å²) in [7, 11) is -3.96. The predicted molar refractivity (Wildman–Crippen MR) is 104 cm³/mol. The van der Waals surface area contributed by atoms with Crippen LogP contribution < -0.4 is 9.46 Å². The highest BCUT2D eigenvalue weighted by Gasteiger charge is 2.27. The molecule has 0 saturated heterocycles. The standard InChI is InChI=1S/C20H21F2NO6S/c1-12-4-10-17(11-5-12)30(26,27)23-13(2)19(25)28-14(3)18(24)15-6-8-16(9-7-15)29-20(21)22/h4-11,13-14,20,23H,1-3H3/t13-,14?/m0/s1.